The third kappa shape index (κ3) is 5.08. The molecule has 11 aromatic carbocycles. The quantitative estimate of drug-likeness (QED) is 0.164. The SMILES string of the molecule is c1ccc(-c2ccc(-n3c4ccccc4c4cc(-c5ccc6c(c5)c5ccc7ccccc7c5n6-c5ccc(-c6ccc7c8c(cccc68)-c6ccccc6-7)cc5)ccc43)cc2)cc1. The normalized spacial score (nSPS) is 12.1. The molecule has 2 heteroatoms. The highest BCUT2D eigenvalue weighted by Gasteiger charge is 2.23. The molecular formula is C62H38N2. The van der Waals surface area contributed by atoms with Crippen molar-refractivity contribution in [1.29, 1.82) is 0 Å². The van der Waals surface area contributed by atoms with Gasteiger partial charge in [0.15, 0.2) is 0 Å². The molecule has 0 radical (unpaired) electrons. The summed E-state index contributed by atoms with van der Waals surface area (Å²) >= 11 is 0. The number of aromatic nitrogens is 2. The van der Waals surface area contributed by atoms with Gasteiger partial charge in [-0.25, -0.2) is 0 Å². The molecule has 14 rings (SSSR count). The van der Waals surface area contributed by atoms with Gasteiger partial charge >= 0.3 is 0 Å². The standard InChI is InChI=1S/C62H38N2/c1-2-11-39(12-3-1)40-21-28-45(29-22-40)63-58-20-9-8-17-51(58)56-37-43(26-35-59(56)63)44-27-36-60-57(38-44)55-32-25-41-13-4-5-14-48(41)62(55)64(60)46-30-23-42(24-31-46)47-33-34-54-50-16-7-6-15-49(50)53-19-10-18-52(47)61(53)54/h1-38H. The van der Waals surface area contributed by atoms with Gasteiger partial charge in [0.25, 0.3) is 0 Å². The summed E-state index contributed by atoms with van der Waals surface area (Å²) in [6.45, 7) is 0. The van der Waals surface area contributed by atoms with Crippen LogP contribution in [0.15, 0.2) is 231 Å². The van der Waals surface area contributed by atoms with E-state index in [0.29, 0.717) is 0 Å². The second kappa shape index (κ2) is 13.5. The molecule has 1 aliphatic carbocycles. The minimum Gasteiger partial charge on any atom is -0.309 e. The van der Waals surface area contributed by atoms with Crippen LogP contribution in [0.1, 0.15) is 0 Å². The molecule has 0 unspecified atom stereocenters. The number of nitrogens with zero attached hydrogens (tertiary/aromatic N) is 2. The highest BCUT2D eigenvalue weighted by atomic mass is 15.0. The molecule has 0 amide bonds. The highest BCUT2D eigenvalue weighted by Crippen LogP contribution is 2.49. The summed E-state index contributed by atoms with van der Waals surface area (Å²) in [6.07, 6.45) is 0. The number of benzene rings is 11. The molecule has 2 nitrogen and oxygen atoms in total. The molecule has 0 bridgehead atoms. The van der Waals surface area contributed by atoms with Crippen molar-refractivity contribution in [2.24, 2.45) is 0 Å². The Balaban J connectivity index is 0.896. The molecule has 0 fully saturated rings. The lowest BCUT2D eigenvalue weighted by molar-refractivity contribution is 1.18. The predicted molar refractivity (Wildman–Crippen MR) is 271 cm³/mol. The minimum atomic E-state index is 1.15. The summed E-state index contributed by atoms with van der Waals surface area (Å²) in [5.74, 6) is 0. The number of fused-ring (bicyclic) bond motifs is 11. The van der Waals surface area contributed by atoms with E-state index < -0.39 is 0 Å². The number of para-hydroxylation sites is 1. The molecule has 296 valence electrons. The van der Waals surface area contributed by atoms with E-state index in [9.17, 15) is 0 Å². The van der Waals surface area contributed by atoms with Crippen LogP contribution >= 0.6 is 0 Å². The monoisotopic (exact) mass is 810 g/mol. The van der Waals surface area contributed by atoms with Gasteiger partial charge in [-0.05, 0) is 126 Å². The Kier molecular flexibility index (Phi) is 7.43. The first-order valence-electron chi connectivity index (χ1n) is 22.2. The van der Waals surface area contributed by atoms with E-state index in [1.807, 2.05) is 0 Å². The topological polar surface area (TPSA) is 9.86 Å². The zero-order valence-corrected chi connectivity index (χ0v) is 34.8. The van der Waals surface area contributed by atoms with Crippen LogP contribution in [0.2, 0.25) is 0 Å². The van der Waals surface area contributed by atoms with Crippen molar-refractivity contribution in [3.63, 3.8) is 0 Å². The van der Waals surface area contributed by atoms with E-state index in [1.54, 1.807) is 0 Å². The van der Waals surface area contributed by atoms with Crippen LogP contribution < -0.4 is 0 Å². The summed E-state index contributed by atoms with van der Waals surface area (Å²) in [4.78, 5) is 0. The largest absolute Gasteiger partial charge is 0.309 e. The Morgan fingerprint density at radius 3 is 1.52 bits per heavy atom. The van der Waals surface area contributed by atoms with Gasteiger partial charge in [-0.1, -0.05) is 176 Å². The highest BCUT2D eigenvalue weighted by molar-refractivity contribution is 6.20. The molecule has 0 atom stereocenters. The van der Waals surface area contributed by atoms with Gasteiger partial charge in [0.05, 0.1) is 22.1 Å². The van der Waals surface area contributed by atoms with Crippen molar-refractivity contribution in [1.82, 2.24) is 9.13 Å². The zero-order chi connectivity index (χ0) is 41.9. The maximum absolute atomic E-state index is 2.48. The minimum absolute atomic E-state index is 1.15. The van der Waals surface area contributed by atoms with Crippen LogP contribution in [0.5, 0.6) is 0 Å². The fraction of sp³-hybridized carbons (Fsp3) is 0. The van der Waals surface area contributed by atoms with E-state index >= 15 is 0 Å². The van der Waals surface area contributed by atoms with Crippen molar-refractivity contribution >= 4 is 65.2 Å². The molecule has 0 saturated heterocycles. The van der Waals surface area contributed by atoms with E-state index in [-0.39, 0.29) is 0 Å². The van der Waals surface area contributed by atoms with Crippen LogP contribution in [0.3, 0.4) is 0 Å². The molecule has 2 heterocycles. The van der Waals surface area contributed by atoms with E-state index in [0.717, 1.165) is 11.4 Å². The molecule has 64 heavy (non-hydrogen) atoms. The van der Waals surface area contributed by atoms with Crippen LogP contribution in [-0.2, 0) is 0 Å². The summed E-state index contributed by atoms with van der Waals surface area (Å²) in [6, 6.07) is 85.2. The average Bonchev–Trinajstić information content (AvgIpc) is 4.01. The Morgan fingerprint density at radius 2 is 0.750 bits per heavy atom. The smallest absolute Gasteiger partial charge is 0.0619 e. The van der Waals surface area contributed by atoms with Crippen molar-refractivity contribution in [2.75, 3.05) is 0 Å². The molecule has 13 aromatic rings. The number of hydrogen-bond donors (Lipinski definition) is 0. The Labute approximate surface area is 370 Å². The fourth-order valence-electron chi connectivity index (χ4n) is 10.9. The molecule has 0 spiro atoms. The fourth-order valence-corrected chi connectivity index (χ4v) is 10.9. The Hall–Kier alpha value is -8.46. The molecular weight excluding hydrogens is 773 g/mol. The second-order valence-corrected chi connectivity index (χ2v) is 17.2. The molecule has 2 aromatic heterocycles. The van der Waals surface area contributed by atoms with Gasteiger partial charge in [0.2, 0.25) is 0 Å². The van der Waals surface area contributed by atoms with Crippen LogP contribution in [0.25, 0.3) is 132 Å². The first-order chi connectivity index (χ1) is 31.7. The van der Waals surface area contributed by atoms with E-state index in [1.165, 1.54) is 121 Å². The third-order valence-corrected chi connectivity index (χ3v) is 13.9. The lowest BCUT2D eigenvalue weighted by atomic mass is 9.94. The average molecular weight is 811 g/mol. The number of rotatable bonds is 5. The molecule has 0 saturated carbocycles. The van der Waals surface area contributed by atoms with Gasteiger partial charge in [0, 0.05) is 38.3 Å². The van der Waals surface area contributed by atoms with Crippen LogP contribution in [0, 0.1) is 0 Å². The lowest BCUT2D eigenvalue weighted by Gasteiger charge is -2.13. The summed E-state index contributed by atoms with van der Waals surface area (Å²) in [7, 11) is 0. The zero-order valence-electron chi connectivity index (χ0n) is 34.8. The van der Waals surface area contributed by atoms with Crippen LogP contribution in [-0.4, -0.2) is 9.13 Å². The maximum Gasteiger partial charge on any atom is 0.0619 e. The molecule has 0 aliphatic heterocycles. The molecule has 0 N–H and O–H groups in total. The first-order valence-corrected chi connectivity index (χ1v) is 22.2. The Bertz CT molecular complexity index is 4010. The van der Waals surface area contributed by atoms with Gasteiger partial charge < -0.3 is 9.13 Å². The lowest BCUT2D eigenvalue weighted by Crippen LogP contribution is -1.95. The summed E-state index contributed by atoms with van der Waals surface area (Å²) in [5.41, 5.74) is 19.8. The van der Waals surface area contributed by atoms with Crippen molar-refractivity contribution in [2.45, 2.75) is 0 Å². The second-order valence-electron chi connectivity index (χ2n) is 17.2. The van der Waals surface area contributed by atoms with Gasteiger partial charge in [-0.2, -0.15) is 0 Å². The summed E-state index contributed by atoms with van der Waals surface area (Å²) < 4.78 is 4.88. The van der Waals surface area contributed by atoms with Gasteiger partial charge in [-0.3, -0.25) is 0 Å². The summed E-state index contributed by atoms with van der Waals surface area (Å²) in [5, 5.41) is 10.1. The van der Waals surface area contributed by atoms with Crippen molar-refractivity contribution in [3.05, 3.63) is 231 Å². The maximum atomic E-state index is 2.48. The van der Waals surface area contributed by atoms with E-state index in [4.69, 9.17) is 0 Å². The third-order valence-electron chi connectivity index (χ3n) is 13.9. The first kappa shape index (κ1) is 35.2. The van der Waals surface area contributed by atoms with E-state index in [2.05, 4.69) is 240 Å². The van der Waals surface area contributed by atoms with Gasteiger partial charge in [0.1, 0.15) is 0 Å². The Morgan fingerprint density at radius 1 is 0.234 bits per heavy atom. The van der Waals surface area contributed by atoms with Crippen LogP contribution in [0.4, 0.5) is 0 Å². The number of hydrogen-bond acceptors (Lipinski definition) is 0. The van der Waals surface area contributed by atoms with Gasteiger partial charge in [-0.15, -0.1) is 0 Å². The van der Waals surface area contributed by atoms with Crippen molar-refractivity contribution in [3.8, 4) is 67.0 Å². The van der Waals surface area contributed by atoms with Crippen molar-refractivity contribution < 1.29 is 0 Å². The predicted octanol–water partition coefficient (Wildman–Crippen LogP) is 16.8. The molecule has 1 aliphatic rings.